The first-order valence-corrected chi connectivity index (χ1v) is 8.01. The zero-order chi connectivity index (χ0) is 14.0. The third-order valence-corrected chi connectivity index (χ3v) is 5.14. The van der Waals surface area contributed by atoms with Crippen molar-refractivity contribution in [2.75, 3.05) is 23.0 Å². The highest BCUT2D eigenvalue weighted by Gasteiger charge is 2.23. The van der Waals surface area contributed by atoms with Gasteiger partial charge in [0.15, 0.2) is 5.82 Å². The SMILES string of the molecule is CSC1CCC(Nc2c(N)cc(N)c(Cl)c2F)CC1. The molecule has 19 heavy (non-hydrogen) atoms. The summed E-state index contributed by atoms with van der Waals surface area (Å²) in [6.07, 6.45) is 6.46. The number of hydrogen-bond donors (Lipinski definition) is 3. The van der Waals surface area contributed by atoms with Crippen LogP contribution >= 0.6 is 23.4 Å². The molecule has 5 N–H and O–H groups in total. The molecule has 0 spiro atoms. The van der Waals surface area contributed by atoms with Gasteiger partial charge in [0.25, 0.3) is 0 Å². The van der Waals surface area contributed by atoms with E-state index in [1.165, 1.54) is 6.07 Å². The Morgan fingerprint density at radius 1 is 1.26 bits per heavy atom. The van der Waals surface area contributed by atoms with Gasteiger partial charge in [0, 0.05) is 11.3 Å². The Labute approximate surface area is 122 Å². The number of hydrogen-bond acceptors (Lipinski definition) is 4. The van der Waals surface area contributed by atoms with Crippen LogP contribution in [0.5, 0.6) is 0 Å². The van der Waals surface area contributed by atoms with Gasteiger partial charge in [0.2, 0.25) is 0 Å². The molecule has 3 nitrogen and oxygen atoms in total. The summed E-state index contributed by atoms with van der Waals surface area (Å²) < 4.78 is 14.1. The van der Waals surface area contributed by atoms with Crippen LogP contribution in [0.2, 0.25) is 5.02 Å². The van der Waals surface area contributed by atoms with Crippen LogP contribution in [0.15, 0.2) is 6.07 Å². The van der Waals surface area contributed by atoms with Crippen LogP contribution in [0.25, 0.3) is 0 Å². The Kier molecular flexibility index (Phi) is 4.68. The minimum Gasteiger partial charge on any atom is -0.397 e. The fourth-order valence-corrected chi connectivity index (χ4v) is 3.35. The maximum absolute atomic E-state index is 14.1. The molecule has 0 saturated heterocycles. The molecule has 1 aliphatic rings. The largest absolute Gasteiger partial charge is 0.397 e. The van der Waals surface area contributed by atoms with Crippen molar-refractivity contribution >= 4 is 40.4 Å². The number of anilines is 3. The second kappa shape index (κ2) is 6.09. The van der Waals surface area contributed by atoms with Crippen molar-refractivity contribution in [3.05, 3.63) is 16.9 Å². The lowest BCUT2D eigenvalue weighted by molar-refractivity contribution is 0.471. The number of nitrogens with one attached hydrogen (secondary N) is 1. The summed E-state index contributed by atoms with van der Waals surface area (Å²) in [6.45, 7) is 0. The Balaban J connectivity index is 2.10. The maximum Gasteiger partial charge on any atom is 0.169 e. The Morgan fingerprint density at radius 2 is 1.89 bits per heavy atom. The first-order valence-electron chi connectivity index (χ1n) is 6.35. The van der Waals surface area contributed by atoms with Crippen LogP contribution in [0, 0.1) is 5.82 Å². The van der Waals surface area contributed by atoms with Gasteiger partial charge in [-0.2, -0.15) is 11.8 Å². The van der Waals surface area contributed by atoms with Gasteiger partial charge in [-0.3, -0.25) is 0 Å². The fourth-order valence-electron chi connectivity index (χ4n) is 2.46. The minimum atomic E-state index is -0.550. The van der Waals surface area contributed by atoms with Crippen molar-refractivity contribution in [3.8, 4) is 0 Å². The predicted octanol–water partition coefficient (Wildman–Crippen LogP) is 3.73. The van der Waals surface area contributed by atoms with E-state index in [0.717, 1.165) is 30.9 Å². The van der Waals surface area contributed by atoms with E-state index in [1.54, 1.807) is 0 Å². The van der Waals surface area contributed by atoms with E-state index in [-0.39, 0.29) is 22.4 Å². The monoisotopic (exact) mass is 303 g/mol. The number of rotatable bonds is 3. The number of nitrogens with two attached hydrogens (primary N) is 2. The quantitative estimate of drug-likeness (QED) is 0.745. The molecule has 1 saturated carbocycles. The number of thioether (sulfide) groups is 1. The summed E-state index contributed by atoms with van der Waals surface area (Å²) in [5.41, 5.74) is 12.2. The summed E-state index contributed by atoms with van der Waals surface area (Å²) in [6, 6.07) is 1.75. The molecule has 0 amide bonds. The summed E-state index contributed by atoms with van der Waals surface area (Å²) in [4.78, 5) is 0. The van der Waals surface area contributed by atoms with E-state index in [1.807, 2.05) is 11.8 Å². The number of nitrogen functional groups attached to an aromatic ring is 2. The highest BCUT2D eigenvalue weighted by Crippen LogP contribution is 2.36. The van der Waals surface area contributed by atoms with Crippen molar-refractivity contribution < 1.29 is 4.39 Å². The van der Waals surface area contributed by atoms with Crippen molar-refractivity contribution in [3.63, 3.8) is 0 Å². The molecule has 0 aliphatic heterocycles. The number of benzene rings is 1. The molecule has 106 valence electrons. The third-order valence-electron chi connectivity index (χ3n) is 3.62. The van der Waals surface area contributed by atoms with Crippen LogP contribution in [0.1, 0.15) is 25.7 Å². The van der Waals surface area contributed by atoms with Crippen molar-refractivity contribution in [2.24, 2.45) is 0 Å². The minimum absolute atomic E-state index is 0.0606. The molecule has 0 heterocycles. The predicted molar refractivity (Wildman–Crippen MR) is 83.4 cm³/mol. The summed E-state index contributed by atoms with van der Waals surface area (Å²) in [5, 5.41) is 3.84. The number of halogens is 2. The summed E-state index contributed by atoms with van der Waals surface area (Å²) in [5.74, 6) is -0.550. The van der Waals surface area contributed by atoms with E-state index < -0.39 is 5.82 Å². The maximum atomic E-state index is 14.1. The average molecular weight is 304 g/mol. The van der Waals surface area contributed by atoms with E-state index in [4.69, 9.17) is 23.1 Å². The Morgan fingerprint density at radius 3 is 2.47 bits per heavy atom. The summed E-state index contributed by atoms with van der Waals surface area (Å²) in [7, 11) is 0. The van der Waals surface area contributed by atoms with Crippen LogP contribution in [0.4, 0.5) is 21.5 Å². The van der Waals surface area contributed by atoms with Crippen molar-refractivity contribution in [1.82, 2.24) is 0 Å². The van der Waals surface area contributed by atoms with E-state index in [9.17, 15) is 4.39 Å². The zero-order valence-corrected chi connectivity index (χ0v) is 12.5. The molecule has 0 bridgehead atoms. The van der Waals surface area contributed by atoms with Gasteiger partial charge < -0.3 is 16.8 Å². The molecular weight excluding hydrogens is 285 g/mol. The molecule has 0 radical (unpaired) electrons. The van der Waals surface area contributed by atoms with Crippen LogP contribution in [-0.4, -0.2) is 17.5 Å². The van der Waals surface area contributed by atoms with Crippen molar-refractivity contribution in [2.45, 2.75) is 37.0 Å². The molecule has 1 fully saturated rings. The molecule has 2 rings (SSSR count). The van der Waals surface area contributed by atoms with Crippen LogP contribution < -0.4 is 16.8 Å². The lowest BCUT2D eigenvalue weighted by Crippen LogP contribution is -2.28. The van der Waals surface area contributed by atoms with Gasteiger partial charge in [-0.1, -0.05) is 11.6 Å². The van der Waals surface area contributed by atoms with E-state index in [0.29, 0.717) is 5.69 Å². The molecular formula is C13H19ClFN3S. The van der Waals surface area contributed by atoms with Gasteiger partial charge in [0.1, 0.15) is 5.02 Å². The molecule has 1 aromatic carbocycles. The van der Waals surface area contributed by atoms with E-state index >= 15 is 0 Å². The van der Waals surface area contributed by atoms with Crippen molar-refractivity contribution in [1.29, 1.82) is 0 Å². The average Bonchev–Trinajstić information content (AvgIpc) is 2.42. The first kappa shape index (κ1) is 14.6. The highest BCUT2D eigenvalue weighted by atomic mass is 35.5. The van der Waals surface area contributed by atoms with E-state index in [2.05, 4.69) is 11.6 Å². The molecule has 0 aromatic heterocycles. The van der Waals surface area contributed by atoms with Gasteiger partial charge in [-0.05, 0) is 38.0 Å². The second-order valence-electron chi connectivity index (χ2n) is 4.91. The third kappa shape index (κ3) is 3.20. The Bertz CT molecular complexity index is 462. The fraction of sp³-hybridized carbons (Fsp3) is 0.538. The second-order valence-corrected chi connectivity index (χ2v) is 6.43. The topological polar surface area (TPSA) is 64.1 Å². The molecule has 0 atom stereocenters. The standard InChI is InChI=1S/C13H19ClFN3S/c1-19-8-4-2-7(3-5-8)18-13-10(17)6-9(16)11(14)12(13)15/h6-8,18H,2-5,16-17H2,1H3. The van der Waals surface area contributed by atoms with Gasteiger partial charge in [-0.15, -0.1) is 0 Å². The van der Waals surface area contributed by atoms with Crippen LogP contribution in [0.3, 0.4) is 0 Å². The molecule has 1 aliphatic carbocycles. The highest BCUT2D eigenvalue weighted by molar-refractivity contribution is 7.99. The Hall–Kier alpha value is -0.810. The molecule has 1 aromatic rings. The lowest BCUT2D eigenvalue weighted by Gasteiger charge is -2.29. The first-order chi connectivity index (χ1) is 9.02. The molecule has 6 heteroatoms. The lowest BCUT2D eigenvalue weighted by atomic mass is 9.94. The van der Waals surface area contributed by atoms with Gasteiger partial charge in [-0.25, -0.2) is 4.39 Å². The molecule has 0 unspecified atom stereocenters. The van der Waals surface area contributed by atoms with Crippen LogP contribution in [-0.2, 0) is 0 Å². The smallest absolute Gasteiger partial charge is 0.169 e. The normalized spacial score (nSPS) is 23.3. The van der Waals surface area contributed by atoms with Gasteiger partial charge in [0.05, 0.1) is 17.1 Å². The summed E-state index contributed by atoms with van der Waals surface area (Å²) >= 11 is 7.72. The van der Waals surface area contributed by atoms with Gasteiger partial charge >= 0.3 is 0 Å². The zero-order valence-electron chi connectivity index (χ0n) is 10.9.